The summed E-state index contributed by atoms with van der Waals surface area (Å²) in [6.07, 6.45) is 0. The van der Waals surface area contributed by atoms with E-state index in [1.807, 2.05) is 48.5 Å². The summed E-state index contributed by atoms with van der Waals surface area (Å²) in [5.74, 6) is 0.919. The molecule has 0 aliphatic heterocycles. The Bertz CT molecular complexity index is 756. The van der Waals surface area contributed by atoms with Gasteiger partial charge >= 0.3 is 0 Å². The first kappa shape index (κ1) is 13.2. The molecule has 0 aliphatic rings. The Morgan fingerprint density at radius 2 is 1.80 bits per heavy atom. The molecule has 0 saturated heterocycles. The molecule has 0 spiro atoms. The van der Waals surface area contributed by atoms with Crippen LogP contribution in [-0.4, -0.2) is 5.16 Å². The molecule has 20 heavy (non-hydrogen) atoms. The molecule has 0 atom stereocenters. The van der Waals surface area contributed by atoms with E-state index in [1.54, 1.807) is 0 Å². The maximum absolute atomic E-state index is 6.32. The van der Waals surface area contributed by atoms with E-state index < -0.39 is 0 Å². The standard InChI is InChI=1S/C15H10BrClN2O/c16-11-8-4-7-10(13(11)17)14-12(15(18)19-20-14)9-5-2-1-3-6-9/h1-8H,(H2,18,19). The van der Waals surface area contributed by atoms with Gasteiger partial charge in [-0.3, -0.25) is 0 Å². The summed E-state index contributed by atoms with van der Waals surface area (Å²) >= 11 is 9.73. The van der Waals surface area contributed by atoms with E-state index in [-0.39, 0.29) is 0 Å². The number of nitrogens with two attached hydrogens (primary N) is 1. The number of aromatic nitrogens is 1. The maximum Gasteiger partial charge on any atom is 0.178 e. The third-order valence-electron chi connectivity index (χ3n) is 2.98. The average Bonchev–Trinajstić information content (AvgIpc) is 2.84. The molecule has 2 N–H and O–H groups in total. The Hall–Kier alpha value is -1.78. The molecule has 0 unspecified atom stereocenters. The Morgan fingerprint density at radius 1 is 1.05 bits per heavy atom. The van der Waals surface area contributed by atoms with Crippen LogP contribution in [0, 0.1) is 0 Å². The van der Waals surface area contributed by atoms with E-state index in [4.69, 9.17) is 21.9 Å². The number of hydrogen-bond donors (Lipinski definition) is 1. The van der Waals surface area contributed by atoms with Gasteiger partial charge in [0.05, 0.1) is 10.6 Å². The van der Waals surface area contributed by atoms with Crippen LogP contribution in [0.4, 0.5) is 5.82 Å². The smallest absolute Gasteiger partial charge is 0.178 e. The highest BCUT2D eigenvalue weighted by Crippen LogP contribution is 2.41. The second-order valence-corrected chi connectivity index (χ2v) is 5.47. The van der Waals surface area contributed by atoms with Crippen LogP contribution >= 0.6 is 27.5 Å². The van der Waals surface area contributed by atoms with E-state index >= 15 is 0 Å². The number of hydrogen-bond acceptors (Lipinski definition) is 3. The van der Waals surface area contributed by atoms with E-state index in [0.29, 0.717) is 16.6 Å². The minimum absolute atomic E-state index is 0.349. The zero-order valence-electron chi connectivity index (χ0n) is 10.3. The summed E-state index contributed by atoms with van der Waals surface area (Å²) in [6.45, 7) is 0. The normalized spacial score (nSPS) is 10.7. The minimum Gasteiger partial charge on any atom is -0.380 e. The predicted octanol–water partition coefficient (Wildman–Crippen LogP) is 5.01. The van der Waals surface area contributed by atoms with Crippen LogP contribution in [0.3, 0.4) is 0 Å². The van der Waals surface area contributed by atoms with Crippen molar-refractivity contribution in [2.75, 3.05) is 5.73 Å². The number of nitrogen functional groups attached to an aromatic ring is 1. The van der Waals surface area contributed by atoms with Gasteiger partial charge in [0.25, 0.3) is 0 Å². The van der Waals surface area contributed by atoms with Crippen molar-refractivity contribution in [2.45, 2.75) is 0 Å². The Labute approximate surface area is 129 Å². The third kappa shape index (κ3) is 2.21. The Balaban J connectivity index is 2.24. The molecule has 0 saturated carbocycles. The fraction of sp³-hybridized carbons (Fsp3) is 0. The SMILES string of the molecule is Nc1noc(-c2cccc(Br)c2Cl)c1-c1ccccc1. The molecule has 1 aromatic heterocycles. The number of benzene rings is 2. The lowest BCUT2D eigenvalue weighted by Crippen LogP contribution is -1.89. The molecule has 2 aromatic carbocycles. The van der Waals surface area contributed by atoms with Crippen LogP contribution in [0.15, 0.2) is 57.5 Å². The van der Waals surface area contributed by atoms with Crippen molar-refractivity contribution in [1.82, 2.24) is 5.16 Å². The van der Waals surface area contributed by atoms with Crippen molar-refractivity contribution >= 4 is 33.3 Å². The summed E-state index contributed by atoms with van der Waals surface area (Å²) in [4.78, 5) is 0. The Morgan fingerprint density at radius 3 is 2.55 bits per heavy atom. The van der Waals surface area contributed by atoms with Gasteiger partial charge < -0.3 is 10.3 Å². The van der Waals surface area contributed by atoms with Gasteiger partial charge in [0, 0.05) is 10.0 Å². The fourth-order valence-corrected chi connectivity index (χ4v) is 2.63. The van der Waals surface area contributed by atoms with Gasteiger partial charge in [-0.1, -0.05) is 53.2 Å². The quantitative estimate of drug-likeness (QED) is 0.708. The van der Waals surface area contributed by atoms with Crippen LogP contribution in [0.5, 0.6) is 0 Å². The molecule has 0 radical (unpaired) electrons. The first-order valence-corrected chi connectivity index (χ1v) is 7.10. The summed E-state index contributed by atoms with van der Waals surface area (Å²) in [5, 5.41) is 4.44. The molecule has 100 valence electrons. The zero-order valence-corrected chi connectivity index (χ0v) is 12.6. The summed E-state index contributed by atoms with van der Waals surface area (Å²) in [7, 11) is 0. The second kappa shape index (κ2) is 5.31. The summed E-state index contributed by atoms with van der Waals surface area (Å²) in [5.41, 5.74) is 8.39. The molecule has 3 aromatic rings. The van der Waals surface area contributed by atoms with Crippen LogP contribution in [-0.2, 0) is 0 Å². The monoisotopic (exact) mass is 348 g/mol. The van der Waals surface area contributed by atoms with Crippen LogP contribution in [0.1, 0.15) is 0 Å². The van der Waals surface area contributed by atoms with E-state index in [2.05, 4.69) is 21.1 Å². The minimum atomic E-state index is 0.349. The van der Waals surface area contributed by atoms with Crippen molar-refractivity contribution in [2.24, 2.45) is 0 Å². The summed E-state index contributed by atoms with van der Waals surface area (Å²) in [6, 6.07) is 15.4. The number of nitrogens with zero attached hydrogens (tertiary/aromatic N) is 1. The first-order valence-electron chi connectivity index (χ1n) is 5.93. The molecule has 1 heterocycles. The third-order valence-corrected chi connectivity index (χ3v) is 4.27. The number of rotatable bonds is 2. The molecular formula is C15H10BrClN2O. The van der Waals surface area contributed by atoms with Gasteiger partial charge in [-0.2, -0.15) is 0 Å². The molecule has 5 heteroatoms. The molecule has 3 nitrogen and oxygen atoms in total. The topological polar surface area (TPSA) is 52.0 Å². The van der Waals surface area contributed by atoms with E-state index in [1.165, 1.54) is 0 Å². The molecule has 3 rings (SSSR count). The van der Waals surface area contributed by atoms with Gasteiger partial charge in [0.2, 0.25) is 0 Å². The fourth-order valence-electron chi connectivity index (χ4n) is 2.05. The predicted molar refractivity (Wildman–Crippen MR) is 84.5 cm³/mol. The van der Waals surface area contributed by atoms with Crippen molar-refractivity contribution in [3.8, 4) is 22.5 Å². The van der Waals surface area contributed by atoms with Crippen LogP contribution in [0.2, 0.25) is 5.02 Å². The van der Waals surface area contributed by atoms with Crippen LogP contribution in [0.25, 0.3) is 22.5 Å². The lowest BCUT2D eigenvalue weighted by molar-refractivity contribution is 0.436. The molecule has 0 amide bonds. The van der Waals surface area contributed by atoms with Crippen LogP contribution < -0.4 is 5.73 Å². The molecule has 0 fully saturated rings. The zero-order chi connectivity index (χ0) is 14.1. The lowest BCUT2D eigenvalue weighted by Gasteiger charge is -2.05. The van der Waals surface area contributed by atoms with Gasteiger partial charge in [0.15, 0.2) is 11.6 Å². The highest BCUT2D eigenvalue weighted by atomic mass is 79.9. The Kier molecular flexibility index (Phi) is 3.51. The highest BCUT2D eigenvalue weighted by Gasteiger charge is 2.20. The van der Waals surface area contributed by atoms with Gasteiger partial charge in [-0.25, -0.2) is 0 Å². The van der Waals surface area contributed by atoms with Crippen molar-refractivity contribution in [3.63, 3.8) is 0 Å². The molecule has 0 bridgehead atoms. The van der Waals surface area contributed by atoms with Crippen molar-refractivity contribution in [1.29, 1.82) is 0 Å². The number of halogens is 2. The van der Waals surface area contributed by atoms with Gasteiger partial charge in [-0.15, -0.1) is 0 Å². The second-order valence-electron chi connectivity index (χ2n) is 4.24. The maximum atomic E-state index is 6.32. The first-order chi connectivity index (χ1) is 9.68. The largest absolute Gasteiger partial charge is 0.380 e. The molecular weight excluding hydrogens is 340 g/mol. The van der Waals surface area contributed by atoms with E-state index in [9.17, 15) is 0 Å². The van der Waals surface area contributed by atoms with Crippen molar-refractivity contribution in [3.05, 3.63) is 58.0 Å². The number of anilines is 1. The van der Waals surface area contributed by atoms with Crippen molar-refractivity contribution < 1.29 is 4.52 Å². The average molecular weight is 350 g/mol. The lowest BCUT2D eigenvalue weighted by atomic mass is 10.0. The highest BCUT2D eigenvalue weighted by molar-refractivity contribution is 9.10. The summed E-state index contributed by atoms with van der Waals surface area (Å²) < 4.78 is 6.19. The van der Waals surface area contributed by atoms with E-state index in [0.717, 1.165) is 21.2 Å². The van der Waals surface area contributed by atoms with Gasteiger partial charge in [0.1, 0.15) is 0 Å². The molecule has 0 aliphatic carbocycles. The van der Waals surface area contributed by atoms with Gasteiger partial charge in [-0.05, 0) is 33.6 Å².